The van der Waals surface area contributed by atoms with Gasteiger partial charge in [0.25, 0.3) is 0 Å². The Labute approximate surface area is 80.3 Å². The summed E-state index contributed by atoms with van der Waals surface area (Å²) in [5.74, 6) is -0.0874. The zero-order valence-corrected chi connectivity index (χ0v) is 7.62. The summed E-state index contributed by atoms with van der Waals surface area (Å²) >= 11 is 0. The molecule has 0 fully saturated rings. The molecule has 4 heteroatoms. The lowest BCUT2D eigenvalue weighted by Crippen LogP contribution is -1.86. The number of aromatic nitrogens is 1. The Kier molecular flexibility index (Phi) is 1.96. The van der Waals surface area contributed by atoms with Crippen LogP contribution in [-0.2, 0) is 0 Å². The SMILES string of the molecule is Cc1cc(F)cc(-c2cnoc2N)c1. The minimum Gasteiger partial charge on any atom is -0.367 e. The standard InChI is InChI=1S/C10H9FN2O/c1-6-2-7(4-8(11)3-6)9-5-13-14-10(9)12/h2-5H,12H2,1H3. The zero-order valence-electron chi connectivity index (χ0n) is 7.62. The van der Waals surface area contributed by atoms with Crippen LogP contribution < -0.4 is 5.73 Å². The Hall–Kier alpha value is -1.84. The van der Waals surface area contributed by atoms with Gasteiger partial charge in [-0.05, 0) is 30.2 Å². The van der Waals surface area contributed by atoms with Crippen molar-refractivity contribution in [2.75, 3.05) is 5.73 Å². The van der Waals surface area contributed by atoms with Crippen molar-refractivity contribution in [1.82, 2.24) is 5.16 Å². The molecule has 1 aromatic carbocycles. The van der Waals surface area contributed by atoms with E-state index in [1.165, 1.54) is 18.3 Å². The fourth-order valence-electron chi connectivity index (χ4n) is 1.36. The van der Waals surface area contributed by atoms with E-state index in [0.717, 1.165) is 5.56 Å². The van der Waals surface area contributed by atoms with Crippen LogP contribution in [0.25, 0.3) is 11.1 Å². The number of anilines is 1. The minimum atomic E-state index is -0.291. The minimum absolute atomic E-state index is 0.204. The highest BCUT2D eigenvalue weighted by Crippen LogP contribution is 2.26. The van der Waals surface area contributed by atoms with Gasteiger partial charge in [-0.2, -0.15) is 0 Å². The van der Waals surface area contributed by atoms with Crippen LogP contribution in [0.1, 0.15) is 5.56 Å². The first-order valence-corrected chi connectivity index (χ1v) is 4.14. The lowest BCUT2D eigenvalue weighted by Gasteiger charge is -2.00. The van der Waals surface area contributed by atoms with E-state index < -0.39 is 0 Å². The van der Waals surface area contributed by atoms with Crippen LogP contribution in [0.2, 0.25) is 0 Å². The molecule has 0 aliphatic rings. The fraction of sp³-hybridized carbons (Fsp3) is 0.100. The molecule has 72 valence electrons. The first-order chi connectivity index (χ1) is 6.66. The Morgan fingerprint density at radius 3 is 2.71 bits per heavy atom. The Bertz CT molecular complexity index is 445. The number of nitrogens with zero attached hydrogens (tertiary/aromatic N) is 1. The summed E-state index contributed by atoms with van der Waals surface area (Å²) in [6, 6.07) is 4.68. The smallest absolute Gasteiger partial charge is 0.229 e. The van der Waals surface area contributed by atoms with E-state index in [9.17, 15) is 4.39 Å². The second-order valence-electron chi connectivity index (χ2n) is 3.12. The number of hydrogen-bond acceptors (Lipinski definition) is 3. The van der Waals surface area contributed by atoms with E-state index in [1.807, 2.05) is 13.0 Å². The molecule has 2 N–H and O–H groups in total. The lowest BCUT2D eigenvalue weighted by molar-refractivity contribution is 0.436. The second kappa shape index (κ2) is 3.14. The van der Waals surface area contributed by atoms with E-state index in [-0.39, 0.29) is 11.7 Å². The highest BCUT2D eigenvalue weighted by atomic mass is 19.1. The van der Waals surface area contributed by atoms with Crippen molar-refractivity contribution in [2.24, 2.45) is 0 Å². The zero-order chi connectivity index (χ0) is 10.1. The molecule has 1 heterocycles. The summed E-state index contributed by atoms with van der Waals surface area (Å²) in [5.41, 5.74) is 7.65. The van der Waals surface area contributed by atoms with Crippen molar-refractivity contribution >= 4 is 5.88 Å². The maximum absolute atomic E-state index is 13.1. The first kappa shape index (κ1) is 8.74. The van der Waals surface area contributed by atoms with Gasteiger partial charge in [0, 0.05) is 0 Å². The molecule has 0 amide bonds. The molecule has 0 bridgehead atoms. The Morgan fingerprint density at radius 1 is 1.36 bits per heavy atom. The van der Waals surface area contributed by atoms with Crippen LogP contribution in [0, 0.1) is 12.7 Å². The summed E-state index contributed by atoms with van der Waals surface area (Å²) in [6.45, 7) is 1.82. The number of benzene rings is 1. The predicted octanol–water partition coefficient (Wildman–Crippen LogP) is 2.37. The molecule has 2 rings (SSSR count). The van der Waals surface area contributed by atoms with Gasteiger partial charge in [0.2, 0.25) is 5.88 Å². The molecule has 0 saturated carbocycles. The van der Waals surface area contributed by atoms with Gasteiger partial charge >= 0.3 is 0 Å². The number of aryl methyl sites for hydroxylation is 1. The summed E-state index contributed by atoms with van der Waals surface area (Å²) in [6.07, 6.45) is 1.48. The van der Waals surface area contributed by atoms with Gasteiger partial charge in [0.05, 0.1) is 11.8 Å². The fourth-order valence-corrected chi connectivity index (χ4v) is 1.36. The van der Waals surface area contributed by atoms with Gasteiger partial charge < -0.3 is 10.3 Å². The summed E-state index contributed by atoms with van der Waals surface area (Å²) < 4.78 is 17.8. The summed E-state index contributed by atoms with van der Waals surface area (Å²) in [5, 5.41) is 3.53. The number of nitrogen functional groups attached to an aromatic ring is 1. The van der Waals surface area contributed by atoms with Gasteiger partial charge in [0.15, 0.2) is 0 Å². The lowest BCUT2D eigenvalue weighted by atomic mass is 10.1. The van der Waals surface area contributed by atoms with Gasteiger partial charge in [-0.1, -0.05) is 11.2 Å². The molecule has 0 spiro atoms. The van der Waals surface area contributed by atoms with Crippen molar-refractivity contribution < 1.29 is 8.91 Å². The topological polar surface area (TPSA) is 52.0 Å². The van der Waals surface area contributed by atoms with Gasteiger partial charge in [-0.25, -0.2) is 4.39 Å². The van der Waals surface area contributed by atoms with Crippen LogP contribution >= 0.6 is 0 Å². The van der Waals surface area contributed by atoms with Crippen LogP contribution in [-0.4, -0.2) is 5.16 Å². The highest BCUT2D eigenvalue weighted by molar-refractivity contribution is 5.72. The molecule has 0 aliphatic carbocycles. The number of nitrogens with two attached hydrogens (primary N) is 1. The van der Waals surface area contributed by atoms with Crippen molar-refractivity contribution in [3.63, 3.8) is 0 Å². The van der Waals surface area contributed by atoms with Gasteiger partial charge in [-0.3, -0.25) is 0 Å². The highest BCUT2D eigenvalue weighted by Gasteiger charge is 2.08. The molecule has 0 aliphatic heterocycles. The van der Waals surface area contributed by atoms with Crippen molar-refractivity contribution in [3.8, 4) is 11.1 Å². The van der Waals surface area contributed by atoms with Gasteiger partial charge in [-0.15, -0.1) is 0 Å². The van der Waals surface area contributed by atoms with E-state index in [0.29, 0.717) is 11.1 Å². The quantitative estimate of drug-likeness (QED) is 0.754. The average molecular weight is 192 g/mol. The van der Waals surface area contributed by atoms with E-state index >= 15 is 0 Å². The number of halogens is 1. The van der Waals surface area contributed by atoms with E-state index in [4.69, 9.17) is 10.3 Å². The normalized spacial score (nSPS) is 10.4. The van der Waals surface area contributed by atoms with Crippen LogP contribution in [0.5, 0.6) is 0 Å². The third-order valence-electron chi connectivity index (χ3n) is 1.95. The second-order valence-corrected chi connectivity index (χ2v) is 3.12. The van der Waals surface area contributed by atoms with Crippen LogP contribution in [0.3, 0.4) is 0 Å². The molecule has 2 aromatic rings. The molecular weight excluding hydrogens is 183 g/mol. The third-order valence-corrected chi connectivity index (χ3v) is 1.95. The molecule has 0 atom stereocenters. The molecule has 1 aromatic heterocycles. The third kappa shape index (κ3) is 1.46. The Morgan fingerprint density at radius 2 is 2.14 bits per heavy atom. The molecule has 0 saturated heterocycles. The summed E-state index contributed by atoms with van der Waals surface area (Å²) in [4.78, 5) is 0. The van der Waals surface area contributed by atoms with E-state index in [2.05, 4.69) is 5.16 Å². The Balaban J connectivity index is 2.57. The number of rotatable bonds is 1. The van der Waals surface area contributed by atoms with Crippen molar-refractivity contribution in [1.29, 1.82) is 0 Å². The van der Waals surface area contributed by atoms with Crippen LogP contribution in [0.15, 0.2) is 28.9 Å². The van der Waals surface area contributed by atoms with E-state index in [1.54, 1.807) is 0 Å². The monoisotopic (exact) mass is 192 g/mol. The van der Waals surface area contributed by atoms with Crippen molar-refractivity contribution in [2.45, 2.75) is 6.92 Å². The number of hydrogen-bond donors (Lipinski definition) is 1. The molecular formula is C10H9FN2O. The molecule has 0 unspecified atom stereocenters. The van der Waals surface area contributed by atoms with Crippen LogP contribution in [0.4, 0.5) is 10.3 Å². The molecule has 3 nitrogen and oxygen atoms in total. The van der Waals surface area contributed by atoms with Gasteiger partial charge in [0.1, 0.15) is 5.82 Å². The maximum atomic E-state index is 13.1. The van der Waals surface area contributed by atoms with Crippen molar-refractivity contribution in [3.05, 3.63) is 35.8 Å². The summed E-state index contributed by atoms with van der Waals surface area (Å²) in [7, 11) is 0. The predicted molar refractivity (Wildman–Crippen MR) is 51.0 cm³/mol. The largest absolute Gasteiger partial charge is 0.367 e. The average Bonchev–Trinajstić information content (AvgIpc) is 2.49. The maximum Gasteiger partial charge on any atom is 0.229 e. The molecule has 14 heavy (non-hydrogen) atoms. The molecule has 0 radical (unpaired) electrons. The first-order valence-electron chi connectivity index (χ1n) is 4.14.